The van der Waals surface area contributed by atoms with Crippen molar-refractivity contribution in [1.82, 2.24) is 25.8 Å². The maximum Gasteiger partial charge on any atom is 0.255 e. The monoisotopic (exact) mass is 579 g/mol. The summed E-state index contributed by atoms with van der Waals surface area (Å²) in [6, 6.07) is 14.7. The predicted octanol–water partition coefficient (Wildman–Crippen LogP) is 1.69. The molecule has 3 amide bonds. The fourth-order valence-corrected chi connectivity index (χ4v) is 5.63. The van der Waals surface area contributed by atoms with Gasteiger partial charge in [0.15, 0.2) is 12.2 Å². The van der Waals surface area contributed by atoms with E-state index in [-0.39, 0.29) is 18.5 Å². The van der Waals surface area contributed by atoms with Crippen LogP contribution in [0.15, 0.2) is 53.9 Å². The van der Waals surface area contributed by atoms with Crippen LogP contribution >= 0.6 is 11.3 Å². The third-order valence-corrected chi connectivity index (χ3v) is 8.09. The molecule has 1 aromatic heterocycles. The molecule has 1 saturated heterocycles. The van der Waals surface area contributed by atoms with Crippen LogP contribution in [0.4, 0.5) is 0 Å². The first-order valence-corrected chi connectivity index (χ1v) is 14.6. The maximum atomic E-state index is 13.2. The number of likely N-dealkylation sites (N-methyl/N-ethyl adjacent to an activating group) is 1. The lowest BCUT2D eigenvalue weighted by Crippen LogP contribution is -2.50. The minimum atomic E-state index is -1.93. The molecule has 2 aromatic carbocycles. The van der Waals surface area contributed by atoms with E-state index in [0.29, 0.717) is 49.5 Å². The summed E-state index contributed by atoms with van der Waals surface area (Å²) in [7, 11) is 1.80. The van der Waals surface area contributed by atoms with Gasteiger partial charge >= 0.3 is 0 Å². The Morgan fingerprint density at radius 3 is 2.66 bits per heavy atom. The molecule has 1 aliphatic rings. The highest BCUT2D eigenvalue weighted by Gasteiger charge is 2.38. The molecule has 41 heavy (non-hydrogen) atoms. The van der Waals surface area contributed by atoms with Gasteiger partial charge in [0.25, 0.3) is 17.7 Å². The Balaban J connectivity index is 1.33. The van der Waals surface area contributed by atoms with E-state index < -0.39 is 24.0 Å². The second kappa shape index (κ2) is 14.3. The molecule has 4 rings (SSSR count). The number of hydrogen-bond acceptors (Lipinski definition) is 8. The molecule has 0 aliphatic carbocycles. The average molecular weight is 580 g/mol. The summed E-state index contributed by atoms with van der Waals surface area (Å²) in [5.41, 5.74) is 4.46. The van der Waals surface area contributed by atoms with Gasteiger partial charge in [-0.2, -0.15) is 0 Å². The molecule has 11 heteroatoms. The van der Waals surface area contributed by atoms with E-state index in [1.165, 1.54) is 27.4 Å². The lowest BCUT2D eigenvalue weighted by molar-refractivity contribution is -0.153. The first-order chi connectivity index (χ1) is 19.8. The van der Waals surface area contributed by atoms with Gasteiger partial charge in [0.2, 0.25) is 0 Å². The number of amides is 3. The summed E-state index contributed by atoms with van der Waals surface area (Å²) in [5, 5.41) is 32.1. The molecule has 0 saturated carbocycles. The molecule has 0 radical (unpaired) electrons. The number of aliphatic hydroxyl groups excluding tert-OH is 2. The SMILES string of the molecule is CNCCNC(=O)c1cccc([C@H]2CCCN2C(=O)[C@H](O)[C@@H](O)C(=O)NCc2nc(Cc3ccccc3C)cs2)c1. The van der Waals surface area contributed by atoms with Gasteiger partial charge in [-0.15, -0.1) is 11.3 Å². The van der Waals surface area contributed by atoms with Crippen LogP contribution in [0.2, 0.25) is 0 Å². The number of benzene rings is 2. The molecule has 0 bridgehead atoms. The number of aryl methyl sites for hydroxylation is 1. The molecule has 1 fully saturated rings. The summed E-state index contributed by atoms with van der Waals surface area (Å²) in [4.78, 5) is 44.3. The van der Waals surface area contributed by atoms with Crippen LogP contribution in [0.3, 0.4) is 0 Å². The van der Waals surface area contributed by atoms with Crippen LogP contribution in [0.5, 0.6) is 0 Å². The van der Waals surface area contributed by atoms with E-state index in [1.54, 1.807) is 25.2 Å². The minimum Gasteiger partial charge on any atom is -0.380 e. The smallest absolute Gasteiger partial charge is 0.255 e. The van der Waals surface area contributed by atoms with Crippen molar-refractivity contribution in [3.8, 4) is 0 Å². The minimum absolute atomic E-state index is 0.0742. The van der Waals surface area contributed by atoms with Crippen molar-refractivity contribution in [3.05, 3.63) is 86.9 Å². The van der Waals surface area contributed by atoms with Crippen LogP contribution in [0.25, 0.3) is 0 Å². The highest BCUT2D eigenvalue weighted by molar-refractivity contribution is 7.09. The van der Waals surface area contributed by atoms with Crippen LogP contribution in [-0.4, -0.2) is 76.7 Å². The van der Waals surface area contributed by atoms with Crippen molar-refractivity contribution in [1.29, 1.82) is 0 Å². The zero-order valence-electron chi connectivity index (χ0n) is 23.3. The molecule has 3 aromatic rings. The molecule has 0 spiro atoms. The number of aromatic nitrogens is 1. The fourth-order valence-electron chi connectivity index (χ4n) is 4.90. The summed E-state index contributed by atoms with van der Waals surface area (Å²) in [5.74, 6) is -1.79. The second-order valence-corrected chi connectivity index (χ2v) is 11.1. The summed E-state index contributed by atoms with van der Waals surface area (Å²) in [6.45, 7) is 3.62. The zero-order chi connectivity index (χ0) is 29.4. The molecular weight excluding hydrogens is 542 g/mol. The number of rotatable bonds is 12. The van der Waals surface area contributed by atoms with Crippen molar-refractivity contribution in [2.24, 2.45) is 0 Å². The van der Waals surface area contributed by atoms with Crippen molar-refractivity contribution < 1.29 is 24.6 Å². The van der Waals surface area contributed by atoms with Gasteiger partial charge in [0.05, 0.1) is 18.3 Å². The van der Waals surface area contributed by atoms with Gasteiger partial charge in [-0.1, -0.05) is 36.4 Å². The van der Waals surface area contributed by atoms with E-state index >= 15 is 0 Å². The molecule has 2 heterocycles. The molecule has 5 N–H and O–H groups in total. The standard InChI is InChI=1S/C30H37N5O5S/c1-19-7-3-4-8-20(19)16-23-18-41-25(34-23)17-33-29(39)26(36)27(37)30(40)35-14-6-11-24(35)21-9-5-10-22(15-21)28(38)32-13-12-31-2/h3-5,7-10,15,18,24,26-27,31,36-37H,6,11-14,16-17H2,1-2H3,(H,32,38)(H,33,39)/t24-,26-,27-/m1/s1. The quantitative estimate of drug-likeness (QED) is 0.206. The Hall–Kier alpha value is -3.64. The number of nitrogens with zero attached hydrogens (tertiary/aromatic N) is 2. The Bertz CT molecular complexity index is 1360. The summed E-state index contributed by atoms with van der Waals surface area (Å²) < 4.78 is 0. The molecule has 218 valence electrons. The Kier molecular flexibility index (Phi) is 10.6. The molecule has 1 aliphatic heterocycles. The molecular formula is C30H37N5O5S. The number of likely N-dealkylation sites (tertiary alicyclic amines) is 1. The predicted molar refractivity (Wildman–Crippen MR) is 156 cm³/mol. The number of carbonyl (C=O) groups is 3. The Labute approximate surface area is 243 Å². The van der Waals surface area contributed by atoms with Crippen molar-refractivity contribution in [2.75, 3.05) is 26.7 Å². The summed E-state index contributed by atoms with van der Waals surface area (Å²) >= 11 is 1.39. The van der Waals surface area contributed by atoms with Gasteiger partial charge < -0.3 is 31.1 Å². The third-order valence-electron chi connectivity index (χ3n) is 7.20. The first-order valence-electron chi connectivity index (χ1n) is 13.7. The maximum absolute atomic E-state index is 13.2. The Morgan fingerprint density at radius 1 is 1.07 bits per heavy atom. The van der Waals surface area contributed by atoms with Gasteiger partial charge in [0, 0.05) is 37.0 Å². The average Bonchev–Trinajstić information content (AvgIpc) is 3.66. The van der Waals surface area contributed by atoms with E-state index in [1.807, 2.05) is 36.6 Å². The first kappa shape index (κ1) is 30.3. The highest BCUT2D eigenvalue weighted by atomic mass is 32.1. The van der Waals surface area contributed by atoms with E-state index in [2.05, 4.69) is 27.0 Å². The normalized spacial score (nSPS) is 16.3. The van der Waals surface area contributed by atoms with Crippen LogP contribution in [0, 0.1) is 6.92 Å². The summed E-state index contributed by atoms with van der Waals surface area (Å²) in [6.07, 6.45) is -1.84. The van der Waals surface area contributed by atoms with Gasteiger partial charge in [-0.25, -0.2) is 4.98 Å². The second-order valence-electron chi connectivity index (χ2n) is 10.1. The number of nitrogens with one attached hydrogen (secondary N) is 3. The van der Waals surface area contributed by atoms with Gasteiger partial charge in [-0.3, -0.25) is 14.4 Å². The van der Waals surface area contributed by atoms with Crippen LogP contribution in [0.1, 0.15) is 56.6 Å². The highest BCUT2D eigenvalue weighted by Crippen LogP contribution is 2.33. The lowest BCUT2D eigenvalue weighted by Gasteiger charge is -2.28. The third kappa shape index (κ3) is 7.76. The van der Waals surface area contributed by atoms with Crippen LogP contribution in [-0.2, 0) is 22.6 Å². The number of hydrogen-bond donors (Lipinski definition) is 5. The van der Waals surface area contributed by atoms with Crippen molar-refractivity contribution in [2.45, 2.75) is 51.0 Å². The number of carbonyl (C=O) groups excluding carboxylic acids is 3. The van der Waals surface area contributed by atoms with E-state index in [9.17, 15) is 24.6 Å². The van der Waals surface area contributed by atoms with E-state index in [0.717, 1.165) is 11.3 Å². The molecule has 3 atom stereocenters. The molecule has 0 unspecified atom stereocenters. The van der Waals surface area contributed by atoms with Gasteiger partial charge in [0.1, 0.15) is 5.01 Å². The number of aliphatic hydroxyl groups is 2. The van der Waals surface area contributed by atoms with Gasteiger partial charge in [-0.05, 0) is 55.6 Å². The van der Waals surface area contributed by atoms with Crippen molar-refractivity contribution >= 4 is 29.1 Å². The lowest BCUT2D eigenvalue weighted by atomic mass is 10.0. The number of thiazole rings is 1. The Morgan fingerprint density at radius 2 is 1.88 bits per heavy atom. The fraction of sp³-hybridized carbons (Fsp3) is 0.400. The van der Waals surface area contributed by atoms with Crippen molar-refractivity contribution in [3.63, 3.8) is 0 Å². The topological polar surface area (TPSA) is 144 Å². The van der Waals surface area contributed by atoms with E-state index in [4.69, 9.17) is 0 Å². The largest absolute Gasteiger partial charge is 0.380 e. The zero-order valence-corrected chi connectivity index (χ0v) is 24.1. The van der Waals surface area contributed by atoms with Crippen LogP contribution < -0.4 is 16.0 Å². The molecule has 10 nitrogen and oxygen atoms in total.